The summed E-state index contributed by atoms with van der Waals surface area (Å²) in [5, 5.41) is 0. The molecule has 0 heterocycles. The van der Waals surface area contributed by atoms with E-state index in [-0.39, 0.29) is 12.4 Å². The smallest absolute Gasteiger partial charge is 0.229 e. The van der Waals surface area contributed by atoms with Crippen molar-refractivity contribution in [2.45, 2.75) is 6.54 Å². The number of hydrogen-bond donors (Lipinski definition) is 2. The van der Waals surface area contributed by atoms with Crippen LogP contribution in [0, 0.1) is 0 Å². The molecule has 0 saturated heterocycles. The van der Waals surface area contributed by atoms with E-state index in [4.69, 9.17) is 5.73 Å². The number of benzene rings is 1. The van der Waals surface area contributed by atoms with Gasteiger partial charge in [0.1, 0.15) is 0 Å². The normalized spacial score (nSPS) is 10.4. The van der Waals surface area contributed by atoms with Crippen molar-refractivity contribution >= 4 is 28.1 Å². The van der Waals surface area contributed by atoms with Crippen molar-refractivity contribution < 1.29 is 8.42 Å². The van der Waals surface area contributed by atoms with Gasteiger partial charge in [-0.05, 0) is 17.7 Å². The van der Waals surface area contributed by atoms with Gasteiger partial charge in [0, 0.05) is 12.2 Å². The predicted octanol–water partition coefficient (Wildman–Crippen LogP) is 0.939. The number of hydrogen-bond acceptors (Lipinski definition) is 3. The number of rotatable bonds is 3. The van der Waals surface area contributed by atoms with Crippen molar-refractivity contribution in [3.63, 3.8) is 0 Å². The van der Waals surface area contributed by atoms with Crippen LogP contribution in [0.4, 0.5) is 5.69 Å². The van der Waals surface area contributed by atoms with Crippen LogP contribution in [0.15, 0.2) is 24.3 Å². The Balaban J connectivity index is 0.00000169. The molecule has 0 aliphatic rings. The summed E-state index contributed by atoms with van der Waals surface area (Å²) in [6.07, 6.45) is 1.11. The summed E-state index contributed by atoms with van der Waals surface area (Å²) in [5.74, 6) is 0. The third kappa shape index (κ3) is 4.45. The van der Waals surface area contributed by atoms with Crippen molar-refractivity contribution in [3.05, 3.63) is 29.8 Å². The van der Waals surface area contributed by atoms with E-state index in [0.29, 0.717) is 12.2 Å². The van der Waals surface area contributed by atoms with Crippen LogP contribution in [0.1, 0.15) is 5.56 Å². The van der Waals surface area contributed by atoms with Crippen molar-refractivity contribution in [2.24, 2.45) is 5.73 Å². The van der Waals surface area contributed by atoms with Gasteiger partial charge in [-0.15, -0.1) is 12.4 Å². The van der Waals surface area contributed by atoms with E-state index in [9.17, 15) is 8.42 Å². The van der Waals surface area contributed by atoms with E-state index >= 15 is 0 Å². The average molecular weight is 237 g/mol. The molecular weight excluding hydrogens is 224 g/mol. The second kappa shape index (κ2) is 5.19. The Bertz CT molecular complexity index is 392. The minimum atomic E-state index is -3.19. The lowest BCUT2D eigenvalue weighted by Crippen LogP contribution is -2.09. The van der Waals surface area contributed by atoms with Gasteiger partial charge in [-0.25, -0.2) is 8.42 Å². The number of nitrogens with one attached hydrogen (secondary N) is 1. The zero-order valence-electron chi connectivity index (χ0n) is 7.73. The molecule has 3 N–H and O–H groups in total. The van der Waals surface area contributed by atoms with Crippen LogP contribution in [-0.2, 0) is 16.6 Å². The first kappa shape index (κ1) is 13.2. The van der Waals surface area contributed by atoms with E-state index in [1.807, 2.05) is 6.07 Å². The predicted molar refractivity (Wildman–Crippen MR) is 60.0 cm³/mol. The van der Waals surface area contributed by atoms with Gasteiger partial charge in [0.15, 0.2) is 0 Å². The highest BCUT2D eigenvalue weighted by Crippen LogP contribution is 2.10. The second-order valence-electron chi connectivity index (χ2n) is 2.78. The second-order valence-corrected chi connectivity index (χ2v) is 4.53. The molecule has 6 heteroatoms. The summed E-state index contributed by atoms with van der Waals surface area (Å²) in [5.41, 5.74) is 6.85. The zero-order valence-corrected chi connectivity index (χ0v) is 9.36. The van der Waals surface area contributed by atoms with Gasteiger partial charge in [0.25, 0.3) is 0 Å². The standard InChI is InChI=1S/C8H12N2O2S.ClH/c1-13(11,12)10-8-4-2-3-7(5-8)6-9;/h2-5,10H,6,9H2,1H3;1H. The third-order valence-corrected chi connectivity index (χ3v) is 2.07. The van der Waals surface area contributed by atoms with Crippen LogP contribution in [0.2, 0.25) is 0 Å². The average Bonchev–Trinajstić information content (AvgIpc) is 2.01. The molecule has 0 aromatic heterocycles. The van der Waals surface area contributed by atoms with Gasteiger partial charge in [0.2, 0.25) is 10.0 Å². The molecule has 14 heavy (non-hydrogen) atoms. The lowest BCUT2D eigenvalue weighted by molar-refractivity contribution is 0.607. The van der Waals surface area contributed by atoms with Gasteiger partial charge in [-0.1, -0.05) is 12.1 Å². The first-order valence-corrected chi connectivity index (χ1v) is 5.67. The lowest BCUT2D eigenvalue weighted by Gasteiger charge is -2.04. The molecule has 0 spiro atoms. The third-order valence-electron chi connectivity index (χ3n) is 1.47. The van der Waals surface area contributed by atoms with E-state index in [1.54, 1.807) is 18.2 Å². The molecule has 1 aromatic rings. The van der Waals surface area contributed by atoms with E-state index in [2.05, 4.69) is 4.72 Å². The minimum Gasteiger partial charge on any atom is -0.326 e. The first-order valence-electron chi connectivity index (χ1n) is 3.78. The van der Waals surface area contributed by atoms with Gasteiger partial charge in [0.05, 0.1) is 6.26 Å². The van der Waals surface area contributed by atoms with Crippen LogP contribution in [-0.4, -0.2) is 14.7 Å². The summed E-state index contributed by atoms with van der Waals surface area (Å²) < 4.78 is 24.1. The highest BCUT2D eigenvalue weighted by atomic mass is 35.5. The number of halogens is 1. The lowest BCUT2D eigenvalue weighted by atomic mass is 10.2. The maximum Gasteiger partial charge on any atom is 0.229 e. The Morgan fingerprint density at radius 3 is 2.57 bits per heavy atom. The van der Waals surface area contributed by atoms with E-state index in [1.165, 1.54) is 0 Å². The van der Waals surface area contributed by atoms with Crippen molar-refractivity contribution in [1.82, 2.24) is 0 Å². The number of nitrogens with two attached hydrogens (primary N) is 1. The Labute approximate surface area is 90.0 Å². The molecule has 0 bridgehead atoms. The molecular formula is C8H13ClN2O2S. The summed E-state index contributed by atoms with van der Waals surface area (Å²) in [6.45, 7) is 0.402. The summed E-state index contributed by atoms with van der Waals surface area (Å²) in [7, 11) is -3.19. The Morgan fingerprint density at radius 1 is 1.43 bits per heavy atom. The zero-order chi connectivity index (χ0) is 9.90. The highest BCUT2D eigenvalue weighted by Gasteiger charge is 2.01. The molecule has 0 aliphatic carbocycles. The fourth-order valence-corrected chi connectivity index (χ4v) is 1.53. The highest BCUT2D eigenvalue weighted by molar-refractivity contribution is 7.92. The van der Waals surface area contributed by atoms with Crippen molar-refractivity contribution in [2.75, 3.05) is 11.0 Å². The van der Waals surface area contributed by atoms with Gasteiger partial charge < -0.3 is 5.73 Å². The molecule has 0 unspecified atom stereocenters. The van der Waals surface area contributed by atoms with Crippen LogP contribution < -0.4 is 10.5 Å². The molecule has 4 nitrogen and oxygen atoms in total. The fraction of sp³-hybridized carbons (Fsp3) is 0.250. The quantitative estimate of drug-likeness (QED) is 0.821. The summed E-state index contributed by atoms with van der Waals surface area (Å²) >= 11 is 0. The molecule has 0 fully saturated rings. The number of anilines is 1. The number of sulfonamides is 1. The van der Waals surface area contributed by atoms with Gasteiger partial charge in [-0.2, -0.15) is 0 Å². The monoisotopic (exact) mass is 236 g/mol. The molecule has 80 valence electrons. The van der Waals surface area contributed by atoms with Crippen molar-refractivity contribution in [1.29, 1.82) is 0 Å². The first-order chi connectivity index (χ1) is 6.01. The minimum absolute atomic E-state index is 0. The summed E-state index contributed by atoms with van der Waals surface area (Å²) in [6, 6.07) is 6.99. The molecule has 1 aromatic carbocycles. The Kier molecular flexibility index (Phi) is 4.90. The summed E-state index contributed by atoms with van der Waals surface area (Å²) in [4.78, 5) is 0. The molecule has 0 aliphatic heterocycles. The van der Waals surface area contributed by atoms with Crippen LogP contribution in [0.3, 0.4) is 0 Å². The van der Waals surface area contributed by atoms with Crippen LogP contribution >= 0.6 is 12.4 Å². The molecule has 0 atom stereocenters. The van der Waals surface area contributed by atoms with Crippen LogP contribution in [0.25, 0.3) is 0 Å². The maximum absolute atomic E-state index is 10.9. The topological polar surface area (TPSA) is 72.2 Å². The van der Waals surface area contributed by atoms with E-state index in [0.717, 1.165) is 11.8 Å². The molecule has 0 amide bonds. The fourth-order valence-electron chi connectivity index (χ4n) is 0.976. The maximum atomic E-state index is 10.9. The largest absolute Gasteiger partial charge is 0.326 e. The Morgan fingerprint density at radius 2 is 2.07 bits per heavy atom. The van der Waals surface area contributed by atoms with Crippen molar-refractivity contribution in [3.8, 4) is 0 Å². The van der Waals surface area contributed by atoms with Gasteiger partial charge >= 0.3 is 0 Å². The molecule has 1 rings (SSSR count). The van der Waals surface area contributed by atoms with Crippen LogP contribution in [0.5, 0.6) is 0 Å². The SMILES string of the molecule is CS(=O)(=O)Nc1cccc(CN)c1.Cl. The Hall–Kier alpha value is -0.780. The van der Waals surface area contributed by atoms with E-state index < -0.39 is 10.0 Å². The molecule has 0 saturated carbocycles. The van der Waals surface area contributed by atoms with Gasteiger partial charge in [-0.3, -0.25) is 4.72 Å². The molecule has 0 radical (unpaired) electrons.